The van der Waals surface area contributed by atoms with Crippen molar-refractivity contribution in [1.29, 1.82) is 0 Å². The molecule has 4 rings (SSSR count). The molecular formula is C28H30F6N6O4S. The van der Waals surface area contributed by atoms with Crippen molar-refractivity contribution in [2.75, 3.05) is 51.4 Å². The van der Waals surface area contributed by atoms with E-state index in [0.717, 1.165) is 22.6 Å². The van der Waals surface area contributed by atoms with Gasteiger partial charge in [-0.1, -0.05) is 19.1 Å². The van der Waals surface area contributed by atoms with Crippen LogP contribution in [0.15, 0.2) is 52.5 Å². The highest BCUT2D eigenvalue weighted by Crippen LogP contribution is 2.35. The van der Waals surface area contributed by atoms with Crippen LogP contribution in [0.2, 0.25) is 0 Å². The predicted molar refractivity (Wildman–Crippen MR) is 152 cm³/mol. The molecule has 1 unspecified atom stereocenters. The van der Waals surface area contributed by atoms with Crippen molar-refractivity contribution in [3.63, 3.8) is 0 Å². The van der Waals surface area contributed by atoms with Gasteiger partial charge in [0.1, 0.15) is 11.3 Å². The summed E-state index contributed by atoms with van der Waals surface area (Å²) in [6, 6.07) is 6.52. The van der Waals surface area contributed by atoms with Gasteiger partial charge in [-0.25, -0.2) is 14.6 Å². The van der Waals surface area contributed by atoms with Crippen LogP contribution in [0, 0.1) is 0 Å². The number of nitrogens with zero attached hydrogens (tertiary/aromatic N) is 6. The molecule has 3 heterocycles. The van der Waals surface area contributed by atoms with Crippen LogP contribution < -0.4 is 15.2 Å². The number of aromatic nitrogens is 4. The highest BCUT2D eigenvalue weighted by atomic mass is 32.2. The number of benzene rings is 1. The van der Waals surface area contributed by atoms with Crippen LogP contribution in [0.3, 0.4) is 0 Å². The van der Waals surface area contributed by atoms with Crippen molar-refractivity contribution in [3.05, 3.63) is 69.9 Å². The van der Waals surface area contributed by atoms with E-state index in [1.165, 1.54) is 7.11 Å². The average molecular weight is 661 g/mol. The van der Waals surface area contributed by atoms with Crippen molar-refractivity contribution >= 4 is 23.6 Å². The second-order valence-electron chi connectivity index (χ2n) is 10.1. The number of carbonyl (C=O) groups excluding carboxylic acids is 1. The first kappa shape index (κ1) is 34.0. The number of hydrogen-bond donors (Lipinski definition) is 0. The Morgan fingerprint density at radius 1 is 0.978 bits per heavy atom. The van der Waals surface area contributed by atoms with E-state index in [-0.39, 0.29) is 42.9 Å². The molecule has 1 aromatic carbocycles. The van der Waals surface area contributed by atoms with Gasteiger partial charge in [-0.05, 0) is 17.7 Å². The summed E-state index contributed by atoms with van der Waals surface area (Å²) in [4.78, 5) is 35.9. The standard InChI is InChI=1S/C28H30F6N6O4S/c1-18(45-22-15-37-40(25(42)24(22)28(32,33)34)16-19-3-5-21(43-2)6-4-19)17-44-12-7-23(41)38-8-10-39(11-9-38)26-35-13-20(14-36-26)27(29,30)31/h3-6,13-15,18H,7-12,16-17H2,1-2H3. The molecular weight excluding hydrogens is 630 g/mol. The first-order valence-electron chi connectivity index (χ1n) is 13.7. The van der Waals surface area contributed by atoms with Gasteiger partial charge < -0.3 is 19.3 Å². The van der Waals surface area contributed by atoms with Crippen molar-refractivity contribution in [3.8, 4) is 5.75 Å². The van der Waals surface area contributed by atoms with Gasteiger partial charge in [-0.15, -0.1) is 11.8 Å². The molecule has 1 fully saturated rings. The Morgan fingerprint density at radius 2 is 1.62 bits per heavy atom. The van der Waals surface area contributed by atoms with E-state index in [4.69, 9.17) is 9.47 Å². The van der Waals surface area contributed by atoms with Gasteiger partial charge in [0.25, 0.3) is 5.56 Å². The van der Waals surface area contributed by atoms with Crippen LogP contribution >= 0.6 is 11.8 Å². The highest BCUT2D eigenvalue weighted by Gasteiger charge is 2.38. The van der Waals surface area contributed by atoms with E-state index in [1.807, 2.05) is 0 Å². The summed E-state index contributed by atoms with van der Waals surface area (Å²) in [7, 11) is 1.48. The van der Waals surface area contributed by atoms with Gasteiger partial charge >= 0.3 is 12.4 Å². The largest absolute Gasteiger partial charge is 0.497 e. The summed E-state index contributed by atoms with van der Waals surface area (Å²) >= 11 is 0.806. The van der Waals surface area contributed by atoms with Gasteiger partial charge in [0.2, 0.25) is 11.9 Å². The Kier molecular flexibility index (Phi) is 11.0. The quantitative estimate of drug-likeness (QED) is 0.169. The lowest BCUT2D eigenvalue weighted by Gasteiger charge is -2.34. The molecule has 3 aromatic rings. The molecule has 45 heavy (non-hydrogen) atoms. The second kappa shape index (κ2) is 14.5. The summed E-state index contributed by atoms with van der Waals surface area (Å²) in [6.45, 7) is 2.82. The van der Waals surface area contributed by atoms with E-state index >= 15 is 0 Å². The molecule has 0 aliphatic carbocycles. The maximum absolute atomic E-state index is 13.9. The molecule has 244 valence electrons. The molecule has 1 aliphatic heterocycles. The summed E-state index contributed by atoms with van der Waals surface area (Å²) in [5, 5.41) is 3.46. The number of hydrogen-bond acceptors (Lipinski definition) is 9. The molecule has 1 aliphatic rings. The van der Waals surface area contributed by atoms with E-state index in [1.54, 1.807) is 41.0 Å². The van der Waals surface area contributed by atoms with Crippen LogP contribution in [0.4, 0.5) is 32.3 Å². The number of anilines is 1. The van der Waals surface area contributed by atoms with Crippen molar-refractivity contribution in [2.24, 2.45) is 0 Å². The van der Waals surface area contributed by atoms with E-state index in [9.17, 15) is 35.9 Å². The third-order valence-electron chi connectivity index (χ3n) is 6.81. The lowest BCUT2D eigenvalue weighted by molar-refractivity contribution is -0.141. The Morgan fingerprint density at radius 3 is 2.20 bits per heavy atom. The summed E-state index contributed by atoms with van der Waals surface area (Å²) in [6.07, 6.45) is -6.95. The average Bonchev–Trinajstić information content (AvgIpc) is 3.00. The summed E-state index contributed by atoms with van der Waals surface area (Å²) in [5.74, 6) is 0.506. The fraction of sp³-hybridized carbons (Fsp3) is 0.464. The maximum atomic E-state index is 13.9. The lowest BCUT2D eigenvalue weighted by Crippen LogP contribution is -2.49. The predicted octanol–water partition coefficient (Wildman–Crippen LogP) is 4.36. The topological polar surface area (TPSA) is 103 Å². The molecule has 1 amide bonds. The van der Waals surface area contributed by atoms with Crippen LogP contribution in [-0.2, 0) is 28.4 Å². The SMILES string of the molecule is COc1ccc(Cn2ncc(SC(C)COCCC(=O)N3CCN(c4ncc(C(F)(F)F)cn4)CC3)c(C(F)(F)F)c2=O)cc1. The number of thioether (sulfide) groups is 1. The molecule has 0 saturated carbocycles. The monoisotopic (exact) mass is 660 g/mol. The fourth-order valence-electron chi connectivity index (χ4n) is 4.44. The van der Waals surface area contributed by atoms with Crippen LogP contribution in [0.25, 0.3) is 0 Å². The first-order valence-corrected chi connectivity index (χ1v) is 14.6. The van der Waals surface area contributed by atoms with Gasteiger partial charge in [-0.2, -0.15) is 31.4 Å². The summed E-state index contributed by atoms with van der Waals surface area (Å²) in [5.41, 5.74) is -2.94. The van der Waals surface area contributed by atoms with E-state index in [0.29, 0.717) is 49.9 Å². The Hall–Kier alpha value is -3.86. The molecule has 2 aromatic heterocycles. The van der Waals surface area contributed by atoms with Gasteiger partial charge in [0, 0.05) is 48.7 Å². The van der Waals surface area contributed by atoms with Crippen LogP contribution in [0.1, 0.15) is 30.0 Å². The van der Waals surface area contributed by atoms with Gasteiger partial charge in [-0.3, -0.25) is 9.59 Å². The molecule has 1 atom stereocenters. The number of ether oxygens (including phenoxy) is 2. The zero-order valence-corrected chi connectivity index (χ0v) is 25.1. The number of halogens is 6. The van der Waals surface area contributed by atoms with Crippen molar-refractivity contribution in [2.45, 2.75) is 42.4 Å². The number of methoxy groups -OCH3 is 1. The van der Waals surface area contributed by atoms with Crippen molar-refractivity contribution in [1.82, 2.24) is 24.6 Å². The van der Waals surface area contributed by atoms with E-state index in [2.05, 4.69) is 15.1 Å². The minimum Gasteiger partial charge on any atom is -0.497 e. The fourth-order valence-corrected chi connectivity index (χ4v) is 5.47. The van der Waals surface area contributed by atoms with Crippen molar-refractivity contribution < 1.29 is 40.6 Å². The lowest BCUT2D eigenvalue weighted by atomic mass is 10.2. The number of carbonyl (C=O) groups is 1. The first-order chi connectivity index (χ1) is 21.3. The second-order valence-corrected chi connectivity index (χ2v) is 11.6. The minimum absolute atomic E-state index is 0.0171. The normalized spacial score (nSPS) is 14.8. The minimum atomic E-state index is -4.90. The molecule has 0 bridgehead atoms. The molecule has 10 nitrogen and oxygen atoms in total. The molecule has 17 heteroatoms. The zero-order chi connectivity index (χ0) is 32.8. The zero-order valence-electron chi connectivity index (χ0n) is 24.3. The Bertz CT molecular complexity index is 1490. The number of rotatable bonds is 11. The molecule has 0 spiro atoms. The third-order valence-corrected chi connectivity index (χ3v) is 7.91. The van der Waals surface area contributed by atoms with E-state index < -0.39 is 34.3 Å². The number of amides is 1. The van der Waals surface area contributed by atoms with Crippen LogP contribution in [-0.4, -0.2) is 82.3 Å². The summed E-state index contributed by atoms with van der Waals surface area (Å²) < 4.78 is 91.4. The molecule has 1 saturated heterocycles. The number of alkyl halides is 6. The number of piperazine rings is 1. The Balaban J connectivity index is 1.24. The van der Waals surface area contributed by atoms with Gasteiger partial charge in [0.15, 0.2) is 0 Å². The highest BCUT2D eigenvalue weighted by molar-refractivity contribution is 8.00. The van der Waals surface area contributed by atoms with Crippen LogP contribution in [0.5, 0.6) is 5.75 Å². The smallest absolute Gasteiger partial charge is 0.422 e. The van der Waals surface area contributed by atoms with Gasteiger partial charge in [0.05, 0.1) is 45.0 Å². The third kappa shape index (κ3) is 9.09. The maximum Gasteiger partial charge on any atom is 0.422 e. The Labute approximate surface area is 258 Å². The molecule has 0 radical (unpaired) electrons. The molecule has 0 N–H and O–H groups in total.